The second-order valence-electron chi connectivity index (χ2n) is 12.4. The van der Waals surface area contributed by atoms with Crippen molar-refractivity contribution in [3.05, 3.63) is 71.8 Å². The van der Waals surface area contributed by atoms with E-state index in [1.807, 2.05) is 0 Å². The van der Waals surface area contributed by atoms with E-state index in [-0.39, 0.29) is 25.2 Å². The van der Waals surface area contributed by atoms with Gasteiger partial charge in [0, 0.05) is 12.2 Å². The lowest BCUT2D eigenvalue weighted by Gasteiger charge is -2.39. The molecule has 4 heteroatoms. The number of hydrogen-bond acceptors (Lipinski definition) is 3. The highest BCUT2D eigenvalue weighted by atomic mass is 19.1. The summed E-state index contributed by atoms with van der Waals surface area (Å²) in [7, 11) is 0. The summed E-state index contributed by atoms with van der Waals surface area (Å²) < 4.78 is 17.8. The van der Waals surface area contributed by atoms with E-state index in [4.69, 9.17) is 4.74 Å². The van der Waals surface area contributed by atoms with Crippen LogP contribution in [-0.4, -0.2) is 31.0 Å². The van der Waals surface area contributed by atoms with E-state index in [9.17, 15) is 14.3 Å². The molecule has 218 valence electrons. The van der Waals surface area contributed by atoms with Crippen LogP contribution >= 0.6 is 0 Å². The molecule has 0 heterocycles. The molecule has 0 radical (unpaired) electrons. The summed E-state index contributed by atoms with van der Waals surface area (Å²) >= 11 is 0. The zero-order valence-corrected chi connectivity index (χ0v) is 24.5. The van der Waals surface area contributed by atoms with Crippen LogP contribution in [-0.2, 0) is 16.0 Å². The molecule has 2 aliphatic rings. The Morgan fingerprint density at radius 3 is 2.02 bits per heavy atom. The molecule has 0 spiro atoms. The molecule has 2 aliphatic carbocycles. The Kier molecular flexibility index (Phi) is 11.8. The van der Waals surface area contributed by atoms with Gasteiger partial charge in [0.1, 0.15) is 0 Å². The van der Waals surface area contributed by atoms with E-state index in [1.165, 1.54) is 73.6 Å². The smallest absolute Gasteiger partial charge is 0.333 e. The van der Waals surface area contributed by atoms with Gasteiger partial charge in [0.25, 0.3) is 0 Å². The average molecular weight is 549 g/mol. The summed E-state index contributed by atoms with van der Waals surface area (Å²) in [4.78, 5) is 11.9. The molecule has 0 saturated heterocycles. The maximum atomic E-state index is 12.3. The number of alkyl halides is 1. The van der Waals surface area contributed by atoms with Crippen molar-refractivity contribution in [2.75, 3.05) is 19.9 Å². The fourth-order valence-electron chi connectivity index (χ4n) is 7.17. The number of carbonyl (C=O) groups is 1. The molecule has 4 rings (SSSR count). The van der Waals surface area contributed by atoms with E-state index >= 15 is 0 Å². The fraction of sp³-hybridized carbons (Fsp3) is 0.583. The van der Waals surface area contributed by atoms with Crippen molar-refractivity contribution in [1.29, 1.82) is 0 Å². The summed E-state index contributed by atoms with van der Waals surface area (Å²) in [5, 5.41) is 9.56. The number of aryl methyl sites for hydroxylation is 1. The highest BCUT2D eigenvalue weighted by Gasteiger charge is 2.34. The first-order valence-corrected chi connectivity index (χ1v) is 15.7. The Balaban J connectivity index is 1.22. The molecule has 0 aromatic heterocycles. The Labute approximate surface area is 241 Å². The molecule has 0 bridgehead atoms. The minimum absolute atomic E-state index is 0.148. The van der Waals surface area contributed by atoms with Crippen molar-refractivity contribution in [2.45, 2.75) is 89.9 Å². The highest BCUT2D eigenvalue weighted by molar-refractivity contribution is 5.86. The Morgan fingerprint density at radius 1 is 0.900 bits per heavy atom. The molecule has 3 nitrogen and oxygen atoms in total. The fourth-order valence-corrected chi connectivity index (χ4v) is 7.17. The number of unbranched alkanes of at least 4 members (excludes halogenated alkanes) is 1. The Hall–Kier alpha value is -2.46. The van der Waals surface area contributed by atoms with Crippen LogP contribution in [0.25, 0.3) is 11.1 Å². The number of hydrogen-bond donors (Lipinski definition) is 1. The van der Waals surface area contributed by atoms with Crippen molar-refractivity contribution in [1.82, 2.24) is 0 Å². The Morgan fingerprint density at radius 2 is 1.48 bits per heavy atom. The third-order valence-corrected chi connectivity index (χ3v) is 9.72. The van der Waals surface area contributed by atoms with Gasteiger partial charge in [-0.1, -0.05) is 55.1 Å². The van der Waals surface area contributed by atoms with Crippen molar-refractivity contribution >= 4 is 5.97 Å². The highest BCUT2D eigenvalue weighted by Crippen LogP contribution is 2.45. The molecule has 0 amide bonds. The Bertz CT molecular complexity index is 1040. The minimum atomic E-state index is -0.320. The van der Waals surface area contributed by atoms with Gasteiger partial charge < -0.3 is 9.84 Å². The summed E-state index contributed by atoms with van der Waals surface area (Å²) in [6.45, 7) is 5.68. The predicted octanol–water partition coefficient (Wildman–Crippen LogP) is 8.84. The molecule has 40 heavy (non-hydrogen) atoms. The molecule has 2 aromatic carbocycles. The topological polar surface area (TPSA) is 46.5 Å². The van der Waals surface area contributed by atoms with Crippen LogP contribution in [0.15, 0.2) is 60.7 Å². The second-order valence-corrected chi connectivity index (χ2v) is 12.4. The summed E-state index contributed by atoms with van der Waals surface area (Å²) in [5.74, 6) is 2.77. The van der Waals surface area contributed by atoms with Crippen LogP contribution in [0.5, 0.6) is 0 Å². The lowest BCUT2D eigenvalue weighted by Crippen LogP contribution is -2.30. The van der Waals surface area contributed by atoms with E-state index in [0.29, 0.717) is 36.9 Å². The standard InChI is InChI=1S/C36H49FO3/c1-26(2)36(39)40-25-35(22-24-38)34-20-18-33(19-21-34)32-16-14-31(15-17-32)30-12-10-29(11-13-30)28-8-6-27(7-9-28)5-3-4-23-37/h6-13,31-35,38H,1,3-5,14-25H2,2H3. The van der Waals surface area contributed by atoms with Gasteiger partial charge in [0.15, 0.2) is 0 Å². The number of halogens is 1. The lowest BCUT2D eigenvalue weighted by molar-refractivity contribution is -0.141. The van der Waals surface area contributed by atoms with Gasteiger partial charge in [-0.3, -0.25) is 4.39 Å². The first-order chi connectivity index (χ1) is 19.5. The molecule has 0 aliphatic heterocycles. The van der Waals surface area contributed by atoms with Crippen LogP contribution in [0.4, 0.5) is 4.39 Å². The van der Waals surface area contributed by atoms with Crippen molar-refractivity contribution in [3.8, 4) is 11.1 Å². The molecule has 1 N–H and O–H groups in total. The zero-order chi connectivity index (χ0) is 28.3. The number of benzene rings is 2. The molecule has 2 fully saturated rings. The second kappa shape index (κ2) is 15.5. The number of ether oxygens (including phenoxy) is 1. The van der Waals surface area contributed by atoms with Crippen molar-refractivity contribution in [2.24, 2.45) is 23.7 Å². The third kappa shape index (κ3) is 8.52. The monoisotopic (exact) mass is 548 g/mol. The average Bonchev–Trinajstić information content (AvgIpc) is 3.00. The van der Waals surface area contributed by atoms with Crippen LogP contribution in [0.2, 0.25) is 0 Å². The van der Waals surface area contributed by atoms with Crippen molar-refractivity contribution in [3.63, 3.8) is 0 Å². The zero-order valence-electron chi connectivity index (χ0n) is 24.5. The SMILES string of the molecule is C=C(C)C(=O)OCC(CCO)C1CCC(C2CCC(c3ccc(-c4ccc(CCCCF)cc4)cc3)CC2)CC1. The van der Waals surface area contributed by atoms with Gasteiger partial charge in [-0.05, 0) is 136 Å². The number of rotatable bonds is 13. The summed E-state index contributed by atoms with van der Waals surface area (Å²) in [6, 6.07) is 18.0. The van der Waals surface area contributed by atoms with Crippen LogP contribution in [0.1, 0.15) is 94.6 Å². The largest absolute Gasteiger partial charge is 0.462 e. The first kappa shape index (κ1) is 30.5. The van der Waals surface area contributed by atoms with Gasteiger partial charge in [0.2, 0.25) is 0 Å². The lowest BCUT2D eigenvalue weighted by atomic mass is 9.66. The number of carbonyl (C=O) groups excluding carboxylic acids is 1. The molecule has 1 unspecified atom stereocenters. The van der Waals surface area contributed by atoms with Gasteiger partial charge in [-0.15, -0.1) is 0 Å². The summed E-state index contributed by atoms with van der Waals surface area (Å²) in [5.41, 5.74) is 5.71. The van der Waals surface area contributed by atoms with Crippen molar-refractivity contribution < 1.29 is 19.0 Å². The number of aliphatic hydroxyl groups excluding tert-OH is 1. The van der Waals surface area contributed by atoms with Crippen LogP contribution in [0, 0.1) is 23.7 Å². The minimum Gasteiger partial charge on any atom is -0.462 e. The predicted molar refractivity (Wildman–Crippen MR) is 162 cm³/mol. The van der Waals surface area contributed by atoms with E-state index in [0.717, 1.165) is 24.7 Å². The van der Waals surface area contributed by atoms with Crippen LogP contribution in [0.3, 0.4) is 0 Å². The normalized spacial score (nSPS) is 23.9. The van der Waals surface area contributed by atoms with Crippen LogP contribution < -0.4 is 0 Å². The van der Waals surface area contributed by atoms with Gasteiger partial charge in [-0.25, -0.2) is 4.79 Å². The number of esters is 1. The van der Waals surface area contributed by atoms with Gasteiger partial charge >= 0.3 is 5.97 Å². The summed E-state index contributed by atoms with van der Waals surface area (Å²) in [6.07, 6.45) is 13.3. The molecule has 1 atom stereocenters. The molecular formula is C36H49FO3. The van der Waals surface area contributed by atoms with E-state index in [2.05, 4.69) is 55.1 Å². The maximum Gasteiger partial charge on any atom is 0.333 e. The maximum absolute atomic E-state index is 12.3. The molecular weight excluding hydrogens is 499 g/mol. The van der Waals surface area contributed by atoms with Gasteiger partial charge in [-0.2, -0.15) is 0 Å². The number of aliphatic hydroxyl groups is 1. The first-order valence-electron chi connectivity index (χ1n) is 15.7. The quantitative estimate of drug-likeness (QED) is 0.154. The van der Waals surface area contributed by atoms with E-state index in [1.54, 1.807) is 6.92 Å². The molecule has 2 aromatic rings. The van der Waals surface area contributed by atoms with Gasteiger partial charge in [0.05, 0.1) is 13.3 Å². The third-order valence-electron chi connectivity index (χ3n) is 9.72. The van der Waals surface area contributed by atoms with E-state index < -0.39 is 0 Å². The molecule has 2 saturated carbocycles.